The van der Waals surface area contributed by atoms with Gasteiger partial charge in [-0.15, -0.1) is 0 Å². The maximum Gasteiger partial charge on any atom is 0.274 e. The van der Waals surface area contributed by atoms with E-state index in [1.54, 1.807) is 12.1 Å². The van der Waals surface area contributed by atoms with E-state index in [0.29, 0.717) is 0 Å². The third-order valence-electron chi connectivity index (χ3n) is 2.59. The van der Waals surface area contributed by atoms with E-state index in [1.807, 2.05) is 27.7 Å². The summed E-state index contributed by atoms with van der Waals surface area (Å²) < 4.78 is 13.4. The number of nitrogens with one attached hydrogen (secondary N) is 1. The van der Waals surface area contributed by atoms with E-state index in [9.17, 15) is 9.18 Å². The lowest BCUT2D eigenvalue weighted by Gasteiger charge is -2.13. The predicted octanol–water partition coefficient (Wildman–Crippen LogP) is 3.22. The highest BCUT2D eigenvalue weighted by Crippen LogP contribution is 2.09. The number of hydrogen-bond acceptors (Lipinski definition) is 2. The largest absolute Gasteiger partial charge is 0.274 e. The first-order valence-electron chi connectivity index (χ1n) is 6.05. The molecule has 0 heterocycles. The first-order valence-corrected chi connectivity index (χ1v) is 6.05. The molecular weight excluding hydrogens is 231 g/mol. The Morgan fingerprint density at radius 1 is 1.17 bits per heavy atom. The Morgan fingerprint density at radius 3 is 2.22 bits per heavy atom. The van der Waals surface area contributed by atoms with Crippen LogP contribution in [0, 0.1) is 17.7 Å². The molecule has 3 nitrogen and oxygen atoms in total. The van der Waals surface area contributed by atoms with Gasteiger partial charge in [0, 0.05) is 5.71 Å². The fourth-order valence-corrected chi connectivity index (χ4v) is 1.75. The van der Waals surface area contributed by atoms with Crippen molar-refractivity contribution in [2.75, 3.05) is 0 Å². The molecule has 18 heavy (non-hydrogen) atoms. The van der Waals surface area contributed by atoms with Crippen LogP contribution in [0.2, 0.25) is 0 Å². The summed E-state index contributed by atoms with van der Waals surface area (Å²) in [5, 5.41) is 4.09. The summed E-state index contributed by atoms with van der Waals surface area (Å²) in [4.78, 5) is 11.8. The summed E-state index contributed by atoms with van der Waals surface area (Å²) in [5.41, 5.74) is 3.31. The molecule has 1 rings (SSSR count). The van der Waals surface area contributed by atoms with Crippen LogP contribution in [-0.4, -0.2) is 11.6 Å². The van der Waals surface area contributed by atoms with Crippen LogP contribution >= 0.6 is 0 Å². The van der Waals surface area contributed by atoms with Gasteiger partial charge in [0.05, 0.1) is 5.56 Å². The highest BCUT2D eigenvalue weighted by Gasteiger charge is 2.13. The van der Waals surface area contributed by atoms with Gasteiger partial charge in [0.1, 0.15) is 5.82 Å². The second kappa shape index (κ2) is 6.28. The molecule has 0 unspecified atom stereocenters. The van der Waals surface area contributed by atoms with E-state index < -0.39 is 11.7 Å². The van der Waals surface area contributed by atoms with Crippen molar-refractivity contribution in [3.63, 3.8) is 0 Å². The molecule has 0 saturated carbocycles. The normalized spacial score (nSPS) is 10.6. The quantitative estimate of drug-likeness (QED) is 0.647. The Labute approximate surface area is 107 Å². The van der Waals surface area contributed by atoms with Crippen molar-refractivity contribution in [1.29, 1.82) is 0 Å². The number of hydrogen-bond donors (Lipinski definition) is 1. The Balaban J connectivity index is 2.83. The molecule has 0 aliphatic carbocycles. The average molecular weight is 250 g/mol. The Morgan fingerprint density at radius 2 is 1.72 bits per heavy atom. The number of carbonyl (C=O) groups is 1. The van der Waals surface area contributed by atoms with E-state index in [1.165, 1.54) is 12.1 Å². The number of nitrogens with zero attached hydrogens (tertiary/aromatic N) is 1. The Kier molecular flexibility index (Phi) is 5.01. The van der Waals surface area contributed by atoms with Gasteiger partial charge in [0.2, 0.25) is 0 Å². The van der Waals surface area contributed by atoms with Gasteiger partial charge in [-0.05, 0) is 24.0 Å². The summed E-state index contributed by atoms with van der Waals surface area (Å²) in [6.45, 7) is 8.03. The summed E-state index contributed by atoms with van der Waals surface area (Å²) in [7, 11) is 0. The molecule has 0 aromatic heterocycles. The molecule has 4 heteroatoms. The molecule has 1 amide bonds. The van der Waals surface area contributed by atoms with Gasteiger partial charge in [-0.3, -0.25) is 4.79 Å². The molecule has 0 fully saturated rings. The van der Waals surface area contributed by atoms with Crippen LogP contribution in [0.4, 0.5) is 4.39 Å². The third-order valence-corrected chi connectivity index (χ3v) is 2.59. The maximum absolute atomic E-state index is 13.4. The van der Waals surface area contributed by atoms with Crippen LogP contribution in [0.3, 0.4) is 0 Å². The lowest BCUT2D eigenvalue weighted by atomic mass is 9.98. The number of halogens is 1. The van der Waals surface area contributed by atoms with Crippen LogP contribution in [0.15, 0.2) is 29.4 Å². The van der Waals surface area contributed by atoms with Gasteiger partial charge in [-0.25, -0.2) is 9.82 Å². The average Bonchev–Trinajstić information content (AvgIpc) is 2.28. The van der Waals surface area contributed by atoms with E-state index >= 15 is 0 Å². The standard InChI is InChI=1S/C14H19FN2O/c1-9(2)13(10(3)4)16-17-14(18)11-7-5-6-8-12(11)15/h5-10H,1-4H3,(H,17,18). The minimum absolute atomic E-state index is 0.00751. The molecule has 0 saturated heterocycles. The van der Waals surface area contributed by atoms with Crippen molar-refractivity contribution in [3.05, 3.63) is 35.6 Å². The van der Waals surface area contributed by atoms with Crippen LogP contribution in [0.25, 0.3) is 0 Å². The second-order valence-electron chi connectivity index (χ2n) is 4.77. The molecular formula is C14H19FN2O. The highest BCUT2D eigenvalue weighted by atomic mass is 19.1. The lowest BCUT2D eigenvalue weighted by Crippen LogP contribution is -2.25. The lowest BCUT2D eigenvalue weighted by molar-refractivity contribution is 0.0950. The molecule has 1 N–H and O–H groups in total. The van der Waals surface area contributed by atoms with Crippen molar-refractivity contribution in [3.8, 4) is 0 Å². The SMILES string of the molecule is CC(C)C(=NNC(=O)c1ccccc1F)C(C)C. The first kappa shape index (κ1) is 14.4. The molecule has 0 aliphatic rings. The second-order valence-corrected chi connectivity index (χ2v) is 4.77. The zero-order valence-corrected chi connectivity index (χ0v) is 11.2. The Hall–Kier alpha value is -1.71. The summed E-state index contributed by atoms with van der Waals surface area (Å²) in [6, 6.07) is 5.85. The van der Waals surface area contributed by atoms with Crippen molar-refractivity contribution in [2.24, 2.45) is 16.9 Å². The third kappa shape index (κ3) is 3.65. The molecule has 0 aliphatic heterocycles. The first-order chi connectivity index (χ1) is 8.43. The van der Waals surface area contributed by atoms with Crippen molar-refractivity contribution >= 4 is 11.6 Å². The van der Waals surface area contributed by atoms with Gasteiger partial charge in [0.25, 0.3) is 5.91 Å². The van der Waals surface area contributed by atoms with Crippen LogP contribution < -0.4 is 5.43 Å². The van der Waals surface area contributed by atoms with Crippen molar-refractivity contribution < 1.29 is 9.18 Å². The number of rotatable bonds is 4. The zero-order valence-electron chi connectivity index (χ0n) is 11.2. The summed E-state index contributed by atoms with van der Waals surface area (Å²) >= 11 is 0. The van der Waals surface area contributed by atoms with Crippen LogP contribution in [-0.2, 0) is 0 Å². The van der Waals surface area contributed by atoms with E-state index in [0.717, 1.165) is 5.71 Å². The van der Waals surface area contributed by atoms with E-state index in [-0.39, 0.29) is 17.4 Å². The monoisotopic (exact) mass is 250 g/mol. The van der Waals surface area contributed by atoms with Crippen molar-refractivity contribution in [2.45, 2.75) is 27.7 Å². The van der Waals surface area contributed by atoms with Gasteiger partial charge in [-0.1, -0.05) is 39.8 Å². The van der Waals surface area contributed by atoms with E-state index in [4.69, 9.17) is 0 Å². The molecule has 0 atom stereocenters. The molecule has 98 valence electrons. The van der Waals surface area contributed by atoms with Crippen LogP contribution in [0.1, 0.15) is 38.1 Å². The topological polar surface area (TPSA) is 41.5 Å². The Bertz CT molecular complexity index is 443. The van der Waals surface area contributed by atoms with Gasteiger partial charge >= 0.3 is 0 Å². The minimum atomic E-state index is -0.541. The predicted molar refractivity (Wildman–Crippen MR) is 71.0 cm³/mol. The summed E-state index contributed by atoms with van der Waals surface area (Å²) in [5.74, 6) is -0.579. The van der Waals surface area contributed by atoms with Crippen molar-refractivity contribution in [1.82, 2.24) is 5.43 Å². The molecule has 0 bridgehead atoms. The van der Waals surface area contributed by atoms with Gasteiger partial charge in [0.15, 0.2) is 0 Å². The highest BCUT2D eigenvalue weighted by molar-refractivity contribution is 5.96. The summed E-state index contributed by atoms with van der Waals surface area (Å²) in [6.07, 6.45) is 0. The van der Waals surface area contributed by atoms with Crippen LogP contribution in [0.5, 0.6) is 0 Å². The molecule has 0 radical (unpaired) electrons. The fraction of sp³-hybridized carbons (Fsp3) is 0.429. The number of carbonyl (C=O) groups excluding carboxylic acids is 1. The fourth-order valence-electron chi connectivity index (χ4n) is 1.75. The number of amides is 1. The smallest absolute Gasteiger partial charge is 0.267 e. The minimum Gasteiger partial charge on any atom is -0.267 e. The maximum atomic E-state index is 13.4. The van der Waals surface area contributed by atoms with E-state index in [2.05, 4.69) is 10.5 Å². The van der Waals surface area contributed by atoms with Gasteiger partial charge < -0.3 is 0 Å². The van der Waals surface area contributed by atoms with Gasteiger partial charge in [-0.2, -0.15) is 5.10 Å². The molecule has 1 aromatic rings. The number of hydrazone groups is 1. The number of benzene rings is 1. The molecule has 0 spiro atoms. The molecule has 1 aromatic carbocycles. The zero-order chi connectivity index (χ0) is 13.7.